The number of rotatable bonds is 1. The van der Waals surface area contributed by atoms with Crippen LogP contribution < -0.4 is 0 Å². The van der Waals surface area contributed by atoms with E-state index in [4.69, 9.17) is 4.74 Å². The van der Waals surface area contributed by atoms with Gasteiger partial charge in [0, 0.05) is 12.4 Å². The fourth-order valence-corrected chi connectivity index (χ4v) is 1.41. The van der Waals surface area contributed by atoms with Crippen LogP contribution in [0.2, 0.25) is 0 Å². The summed E-state index contributed by atoms with van der Waals surface area (Å²) in [6, 6.07) is 0. The van der Waals surface area contributed by atoms with Crippen molar-refractivity contribution in [2.45, 2.75) is 20.0 Å². The van der Waals surface area contributed by atoms with E-state index >= 15 is 0 Å². The van der Waals surface area contributed by atoms with Crippen LogP contribution in [-0.4, -0.2) is 35.0 Å². The first-order valence-electron chi connectivity index (χ1n) is 4.87. The van der Waals surface area contributed by atoms with Crippen molar-refractivity contribution in [3.63, 3.8) is 0 Å². The van der Waals surface area contributed by atoms with E-state index in [2.05, 4.69) is 4.99 Å². The molecular weight excluding hydrogens is 194 g/mol. The molecule has 0 aromatic carbocycles. The highest BCUT2D eigenvalue weighted by Crippen LogP contribution is 2.21. The minimum atomic E-state index is -0.349. The van der Waals surface area contributed by atoms with Crippen molar-refractivity contribution in [2.24, 2.45) is 4.99 Å². The molecule has 0 aromatic heterocycles. The number of aliphatic imine (C=N–C) groups is 1. The highest BCUT2D eigenvalue weighted by atomic mass is 16.6. The Bertz CT molecular complexity index is 358. The SMILES string of the molecule is CC(C)OC(=O)N1CC=C2N=CC=CN21. The molecule has 15 heavy (non-hydrogen) atoms. The Hall–Kier alpha value is -1.78. The van der Waals surface area contributed by atoms with Gasteiger partial charge in [0.2, 0.25) is 0 Å². The third-order valence-electron chi connectivity index (χ3n) is 2.01. The zero-order valence-corrected chi connectivity index (χ0v) is 8.75. The summed E-state index contributed by atoms with van der Waals surface area (Å²) < 4.78 is 5.11. The summed E-state index contributed by atoms with van der Waals surface area (Å²) in [5.74, 6) is 0.762. The second-order valence-electron chi connectivity index (χ2n) is 3.54. The largest absolute Gasteiger partial charge is 0.445 e. The molecule has 2 aliphatic heterocycles. The van der Waals surface area contributed by atoms with Gasteiger partial charge in [-0.25, -0.2) is 19.8 Å². The zero-order valence-electron chi connectivity index (χ0n) is 8.75. The molecule has 0 bridgehead atoms. The molecule has 0 unspecified atom stereocenters. The van der Waals surface area contributed by atoms with E-state index in [9.17, 15) is 4.79 Å². The average molecular weight is 207 g/mol. The topological polar surface area (TPSA) is 45.1 Å². The minimum absolute atomic E-state index is 0.112. The maximum Gasteiger partial charge on any atom is 0.429 e. The summed E-state index contributed by atoms with van der Waals surface area (Å²) in [6.07, 6.45) is 6.67. The van der Waals surface area contributed by atoms with E-state index in [-0.39, 0.29) is 12.2 Å². The normalized spacial score (nSPS) is 18.2. The first-order chi connectivity index (χ1) is 7.18. The van der Waals surface area contributed by atoms with E-state index < -0.39 is 0 Å². The molecule has 2 rings (SSSR count). The van der Waals surface area contributed by atoms with Crippen LogP contribution in [0.25, 0.3) is 0 Å². The monoisotopic (exact) mass is 207 g/mol. The van der Waals surface area contributed by atoms with Gasteiger partial charge in [0.05, 0.1) is 12.6 Å². The van der Waals surface area contributed by atoms with Crippen LogP contribution >= 0.6 is 0 Å². The van der Waals surface area contributed by atoms with Gasteiger partial charge in [0.1, 0.15) is 5.82 Å². The average Bonchev–Trinajstić information content (AvgIpc) is 2.59. The first kappa shape index (κ1) is 9.76. The maximum absolute atomic E-state index is 11.7. The predicted molar refractivity (Wildman–Crippen MR) is 55.9 cm³/mol. The molecule has 2 heterocycles. The number of hydrogen-bond acceptors (Lipinski definition) is 4. The Morgan fingerprint density at radius 3 is 3.13 bits per heavy atom. The van der Waals surface area contributed by atoms with E-state index in [1.54, 1.807) is 23.5 Å². The molecule has 1 amide bonds. The number of nitrogens with zero attached hydrogens (tertiary/aromatic N) is 3. The van der Waals surface area contributed by atoms with Crippen LogP contribution in [0.15, 0.2) is 29.2 Å². The van der Waals surface area contributed by atoms with Gasteiger partial charge in [-0.15, -0.1) is 0 Å². The van der Waals surface area contributed by atoms with Crippen LogP contribution in [0.1, 0.15) is 13.8 Å². The smallest absolute Gasteiger partial charge is 0.429 e. The molecule has 0 saturated carbocycles. The maximum atomic E-state index is 11.7. The van der Waals surface area contributed by atoms with Crippen LogP contribution in [-0.2, 0) is 4.74 Å². The lowest BCUT2D eigenvalue weighted by molar-refractivity contribution is 0.0293. The molecule has 5 heteroatoms. The van der Waals surface area contributed by atoms with Crippen molar-refractivity contribution in [1.82, 2.24) is 10.0 Å². The van der Waals surface area contributed by atoms with Crippen LogP contribution in [0.3, 0.4) is 0 Å². The fraction of sp³-hybridized carbons (Fsp3) is 0.400. The van der Waals surface area contributed by atoms with E-state index in [0.717, 1.165) is 5.82 Å². The van der Waals surface area contributed by atoms with E-state index in [1.165, 1.54) is 5.01 Å². The van der Waals surface area contributed by atoms with Gasteiger partial charge in [-0.1, -0.05) is 0 Å². The van der Waals surface area contributed by atoms with Gasteiger partial charge in [0.15, 0.2) is 0 Å². The van der Waals surface area contributed by atoms with Crippen molar-refractivity contribution >= 4 is 12.3 Å². The molecule has 80 valence electrons. The number of carbonyl (C=O) groups excluding carboxylic acids is 1. The molecule has 2 aliphatic rings. The number of hydrazine groups is 1. The summed E-state index contributed by atoms with van der Waals surface area (Å²) >= 11 is 0. The second kappa shape index (κ2) is 3.76. The molecule has 0 spiro atoms. The summed E-state index contributed by atoms with van der Waals surface area (Å²) in [4.78, 5) is 15.8. The van der Waals surface area contributed by atoms with Gasteiger partial charge in [-0.2, -0.15) is 0 Å². The summed E-state index contributed by atoms with van der Waals surface area (Å²) in [5, 5.41) is 3.19. The lowest BCUT2D eigenvalue weighted by Crippen LogP contribution is -2.40. The van der Waals surface area contributed by atoms with Gasteiger partial charge >= 0.3 is 6.09 Å². The van der Waals surface area contributed by atoms with Gasteiger partial charge in [0.25, 0.3) is 0 Å². The molecule has 0 N–H and O–H groups in total. The third-order valence-corrected chi connectivity index (χ3v) is 2.01. The lowest BCUT2D eigenvalue weighted by Gasteiger charge is -2.28. The molecule has 0 atom stereocenters. The Morgan fingerprint density at radius 2 is 2.40 bits per heavy atom. The third kappa shape index (κ3) is 1.86. The Balaban J connectivity index is 2.05. The van der Waals surface area contributed by atoms with E-state index in [1.807, 2.05) is 19.9 Å². The van der Waals surface area contributed by atoms with Crippen LogP contribution in [0.4, 0.5) is 4.79 Å². The first-order valence-corrected chi connectivity index (χ1v) is 4.87. The Morgan fingerprint density at radius 1 is 1.60 bits per heavy atom. The predicted octanol–water partition coefficient (Wildman–Crippen LogP) is 1.50. The Labute approximate surface area is 88.3 Å². The summed E-state index contributed by atoms with van der Waals surface area (Å²) in [7, 11) is 0. The lowest BCUT2D eigenvalue weighted by atomic mass is 10.5. The van der Waals surface area contributed by atoms with E-state index in [0.29, 0.717) is 6.54 Å². The highest BCUT2D eigenvalue weighted by Gasteiger charge is 2.28. The summed E-state index contributed by atoms with van der Waals surface area (Å²) in [6.45, 7) is 4.15. The van der Waals surface area contributed by atoms with Crippen molar-refractivity contribution in [1.29, 1.82) is 0 Å². The minimum Gasteiger partial charge on any atom is -0.445 e. The number of allylic oxidation sites excluding steroid dienone is 1. The molecule has 0 aliphatic carbocycles. The molecule has 0 aromatic rings. The van der Waals surface area contributed by atoms with Gasteiger partial charge in [-0.3, -0.25) is 0 Å². The van der Waals surface area contributed by atoms with Crippen molar-refractivity contribution in [2.75, 3.05) is 6.54 Å². The number of ether oxygens (including phenoxy) is 1. The van der Waals surface area contributed by atoms with Gasteiger partial charge < -0.3 is 4.74 Å². The zero-order chi connectivity index (χ0) is 10.8. The molecule has 0 saturated heterocycles. The summed E-state index contributed by atoms with van der Waals surface area (Å²) in [5.41, 5.74) is 0. The van der Waals surface area contributed by atoms with Crippen LogP contribution in [0, 0.1) is 0 Å². The fourth-order valence-electron chi connectivity index (χ4n) is 1.41. The molecule has 0 fully saturated rings. The van der Waals surface area contributed by atoms with Crippen molar-refractivity contribution in [3.8, 4) is 0 Å². The highest BCUT2D eigenvalue weighted by molar-refractivity contribution is 5.75. The van der Waals surface area contributed by atoms with Gasteiger partial charge in [-0.05, 0) is 26.0 Å². The van der Waals surface area contributed by atoms with Crippen molar-refractivity contribution in [3.05, 3.63) is 24.2 Å². The number of carbonyl (C=O) groups is 1. The number of amides is 1. The number of fused-ring (bicyclic) bond motifs is 1. The molecular formula is C10H13N3O2. The van der Waals surface area contributed by atoms with Crippen molar-refractivity contribution < 1.29 is 9.53 Å². The second-order valence-corrected chi connectivity index (χ2v) is 3.54. The molecule has 0 radical (unpaired) electrons. The number of hydrogen-bond donors (Lipinski definition) is 0. The Kier molecular flexibility index (Phi) is 2.45. The van der Waals surface area contributed by atoms with Crippen LogP contribution in [0.5, 0.6) is 0 Å². The standard InChI is InChI=1S/C10H13N3O2/c1-8(2)15-10(14)13-7-4-9-11-5-3-6-12(9)13/h3-6,8H,7H2,1-2H3. The quantitative estimate of drug-likeness (QED) is 0.654. The molecule has 5 nitrogen and oxygen atoms in total.